The van der Waals surface area contributed by atoms with Gasteiger partial charge in [0.25, 0.3) is 0 Å². The van der Waals surface area contributed by atoms with Crippen LogP contribution in [-0.4, -0.2) is 13.7 Å². The Morgan fingerprint density at radius 2 is 0.343 bits per heavy atom. The van der Waals surface area contributed by atoms with Crippen LogP contribution < -0.4 is 0 Å². The summed E-state index contributed by atoms with van der Waals surface area (Å²) in [4.78, 5) is 0. The zero-order chi connectivity index (χ0) is 94.1. The third-order valence-electron chi connectivity index (χ3n) is 30.1. The van der Waals surface area contributed by atoms with E-state index in [4.69, 9.17) is 0 Å². The van der Waals surface area contributed by atoms with Crippen LogP contribution in [0, 0.1) is 0 Å². The summed E-state index contributed by atoms with van der Waals surface area (Å²) >= 11 is 0. The highest BCUT2D eigenvalue weighted by molar-refractivity contribution is 6.41. The molecule has 0 saturated carbocycles. The summed E-state index contributed by atoms with van der Waals surface area (Å²) in [5.41, 5.74) is 28.2. The second-order valence-corrected chi connectivity index (χ2v) is 37.8. The highest BCUT2D eigenvalue weighted by Crippen LogP contribution is 2.53. The van der Waals surface area contributed by atoms with E-state index in [1.807, 2.05) is 0 Å². The molecule has 0 fully saturated rings. The number of para-hydroxylation sites is 3. The summed E-state index contributed by atoms with van der Waals surface area (Å²) in [6, 6.07) is 197. The molecule has 0 aliphatic rings. The van der Waals surface area contributed by atoms with Gasteiger partial charge in [-0.2, -0.15) is 0 Å². The topological polar surface area (TPSA) is 14.8 Å². The lowest BCUT2D eigenvalue weighted by Crippen LogP contribution is -1.95. The maximum atomic E-state index is 2.49. The molecule has 0 bridgehead atoms. The van der Waals surface area contributed by atoms with Crippen molar-refractivity contribution in [2.24, 2.45) is 0 Å². The van der Waals surface area contributed by atoms with E-state index < -0.39 is 0 Å². The smallest absolute Gasteiger partial charge is 0.0626 e. The number of rotatable bonds is 10. The minimum Gasteiger partial charge on any atom is -0.309 e. The minimum atomic E-state index is 1.16. The Labute approximate surface area is 826 Å². The van der Waals surface area contributed by atoms with Crippen molar-refractivity contribution in [1.82, 2.24) is 13.7 Å². The van der Waals surface area contributed by atoms with E-state index in [1.165, 1.54) is 262 Å². The van der Waals surface area contributed by atoms with Crippen LogP contribution in [0.1, 0.15) is 0 Å². The molecule has 30 rings (SSSR count). The van der Waals surface area contributed by atoms with Crippen LogP contribution in [0.2, 0.25) is 0 Å². The third kappa shape index (κ3) is 13.6. The summed E-state index contributed by atoms with van der Waals surface area (Å²) in [6.07, 6.45) is 0. The Kier molecular flexibility index (Phi) is 19.7. The fourth-order valence-electron chi connectivity index (χ4n) is 23.7. The molecule has 3 heterocycles. The Morgan fingerprint density at radius 1 is 0.105 bits per heavy atom. The molecule has 0 saturated heterocycles. The van der Waals surface area contributed by atoms with Gasteiger partial charge in [-0.3, -0.25) is 0 Å². The normalized spacial score (nSPS) is 11.8. The van der Waals surface area contributed by atoms with Gasteiger partial charge in [0.1, 0.15) is 0 Å². The molecule has 3 heteroatoms. The number of aromatic nitrogens is 3. The molecular weight excluding hydrogens is 1720 g/mol. The zero-order valence-corrected chi connectivity index (χ0v) is 78.2. The van der Waals surface area contributed by atoms with Gasteiger partial charge in [-0.15, -0.1) is 0 Å². The summed E-state index contributed by atoms with van der Waals surface area (Å²) in [7, 11) is 0. The molecule has 143 heavy (non-hydrogen) atoms. The van der Waals surface area contributed by atoms with E-state index >= 15 is 0 Å². The molecule has 27 aromatic carbocycles. The summed E-state index contributed by atoms with van der Waals surface area (Å²) in [5, 5.41) is 35.9. The molecule has 0 atom stereocenters. The average molecular weight is 1810 g/mol. The predicted octanol–water partition coefficient (Wildman–Crippen LogP) is 38.7. The molecule has 0 amide bonds. The first kappa shape index (κ1) is 82.5. The number of fused-ring (bicyclic) bond motifs is 32. The first-order valence-electron chi connectivity index (χ1n) is 49.5. The Bertz CT molecular complexity index is 10300. The number of nitrogens with zero attached hydrogens (tertiary/aromatic N) is 3. The summed E-state index contributed by atoms with van der Waals surface area (Å²) in [6.45, 7) is 0. The number of benzene rings is 27. The summed E-state index contributed by atoms with van der Waals surface area (Å²) < 4.78 is 7.45. The maximum absolute atomic E-state index is 2.49. The van der Waals surface area contributed by atoms with E-state index in [2.05, 4.69) is 554 Å². The molecule has 0 aliphatic heterocycles. The minimum absolute atomic E-state index is 1.16. The average Bonchev–Trinajstić information content (AvgIpc) is 1.58. The second kappa shape index (κ2) is 34.1. The van der Waals surface area contributed by atoms with Crippen molar-refractivity contribution in [3.05, 3.63) is 540 Å². The van der Waals surface area contributed by atoms with Gasteiger partial charge < -0.3 is 13.7 Å². The molecule has 3 aromatic heterocycles. The monoisotopic (exact) mass is 1810 g/mol. The van der Waals surface area contributed by atoms with Crippen LogP contribution in [-0.2, 0) is 0 Å². The lowest BCUT2D eigenvalue weighted by Gasteiger charge is -2.16. The largest absolute Gasteiger partial charge is 0.309 e. The Hall–Kier alpha value is -18.8. The van der Waals surface area contributed by atoms with Crippen LogP contribution in [0.15, 0.2) is 540 Å². The quantitative estimate of drug-likeness (QED) is 0.121. The van der Waals surface area contributed by atoms with Gasteiger partial charge in [0.2, 0.25) is 0 Å². The van der Waals surface area contributed by atoms with Gasteiger partial charge in [-0.05, 0) is 243 Å². The molecule has 0 aliphatic carbocycles. The number of hydrogen-bond acceptors (Lipinski definition) is 0. The lowest BCUT2D eigenvalue weighted by atomic mass is 9.88. The molecule has 0 radical (unpaired) electrons. The first-order valence-corrected chi connectivity index (χ1v) is 49.5. The Balaban J connectivity index is 0.000000105. The third-order valence-corrected chi connectivity index (χ3v) is 30.1. The molecule has 664 valence electrons. The molecule has 0 spiro atoms. The number of hydrogen-bond donors (Lipinski definition) is 0. The fourth-order valence-corrected chi connectivity index (χ4v) is 23.7. The van der Waals surface area contributed by atoms with Crippen molar-refractivity contribution in [3.8, 4) is 95.0 Å². The predicted molar refractivity (Wildman–Crippen MR) is 613 cm³/mol. The molecule has 0 N–H and O–H groups in total. The van der Waals surface area contributed by atoms with Crippen molar-refractivity contribution >= 4 is 184 Å². The van der Waals surface area contributed by atoms with Gasteiger partial charge in [0.15, 0.2) is 0 Å². The highest BCUT2D eigenvalue weighted by Gasteiger charge is 2.28. The zero-order valence-electron chi connectivity index (χ0n) is 78.2. The van der Waals surface area contributed by atoms with E-state index in [-0.39, 0.29) is 0 Å². The van der Waals surface area contributed by atoms with E-state index in [0.29, 0.717) is 0 Å². The van der Waals surface area contributed by atoms with E-state index in [0.717, 1.165) is 17.1 Å². The van der Waals surface area contributed by atoms with Crippen molar-refractivity contribution in [2.75, 3.05) is 0 Å². The van der Waals surface area contributed by atoms with Crippen molar-refractivity contribution in [2.45, 2.75) is 0 Å². The molecule has 30 aromatic rings. The van der Waals surface area contributed by atoms with Crippen molar-refractivity contribution in [3.63, 3.8) is 0 Å². The van der Waals surface area contributed by atoms with Crippen LogP contribution in [0.4, 0.5) is 0 Å². The van der Waals surface area contributed by atoms with Gasteiger partial charge in [0.05, 0.1) is 33.1 Å². The molecule has 0 unspecified atom stereocenters. The SMILES string of the molecule is c1ccc(-c2cc3c4ccccc4c4c(c5ccccc5n4-c4ccc(-c5ccc6ccccc6c5)cc4)c3c3ccccc23)cc1.c1ccc(-c2cc3c4ccccc4c4c(c5ccccc5n4-c4ccc(-c5cccc6ccccc56)cc4)c3c3ccccc23)cc1.c1ccc(-c2ccc(-c3ccc(-n4c5ccccc5c5c6c7ccccc7c(-c7ccccc7)cc6c6ccccc6c54)cc3)cc2)cc1. The lowest BCUT2D eigenvalue weighted by molar-refractivity contribution is 1.19. The van der Waals surface area contributed by atoms with Crippen LogP contribution >= 0.6 is 0 Å². The fraction of sp³-hybridized carbons (Fsp3) is 0. The molecular formula is C140H89N3. The van der Waals surface area contributed by atoms with Gasteiger partial charge >= 0.3 is 0 Å². The maximum Gasteiger partial charge on any atom is 0.0626 e. The van der Waals surface area contributed by atoms with E-state index in [9.17, 15) is 0 Å². The molecule has 3 nitrogen and oxygen atoms in total. The van der Waals surface area contributed by atoms with Crippen LogP contribution in [0.3, 0.4) is 0 Å². The van der Waals surface area contributed by atoms with E-state index in [1.54, 1.807) is 0 Å². The summed E-state index contributed by atoms with van der Waals surface area (Å²) in [5.74, 6) is 0. The highest BCUT2D eigenvalue weighted by atomic mass is 15.0. The van der Waals surface area contributed by atoms with Crippen molar-refractivity contribution < 1.29 is 0 Å². The standard InChI is InChI=1S/C48H31N.2C46H29N/c1-3-13-32(14-4-1)33-23-25-34(26-24-33)35-27-29-37(30-28-35)49-45-22-12-11-21-42(45)47-46-40-19-9-7-17-38(40)43(36-15-5-2-6-16-36)31-44(46)39-18-8-10-20-41(39)48(47)49;1-2-13-31(14-3-1)41-29-42-37-19-7-9-21-39(37)46-45(44(42)38-20-8-6-18-36(38)41)40-22-10-11-24-43(40)47(46)33-27-25-32(26-28-33)35-23-12-16-30-15-4-5-17-34(30)35;1-2-13-32(14-3-1)41-29-42-37-17-7-9-19-39(37)46-45(44(42)38-18-8-6-16-36(38)41)40-20-10-11-21-43(40)47(46)35-26-24-31(25-27-35)34-23-22-30-12-4-5-15-33(30)28-34/h1-31H;2*1-29H. The Morgan fingerprint density at radius 3 is 0.706 bits per heavy atom. The van der Waals surface area contributed by atoms with Crippen LogP contribution in [0.25, 0.3) is 279 Å². The first-order chi connectivity index (χ1) is 71.0. The van der Waals surface area contributed by atoms with Crippen molar-refractivity contribution in [1.29, 1.82) is 0 Å². The van der Waals surface area contributed by atoms with Gasteiger partial charge in [-0.1, -0.05) is 461 Å². The second-order valence-electron chi connectivity index (χ2n) is 37.8. The van der Waals surface area contributed by atoms with Gasteiger partial charge in [-0.25, -0.2) is 0 Å². The van der Waals surface area contributed by atoms with Gasteiger partial charge in [0, 0.05) is 81.7 Å². The van der Waals surface area contributed by atoms with Crippen LogP contribution in [0.5, 0.6) is 0 Å².